The average molecular weight is 369 g/mol. The molecule has 2 heterocycles. The first-order chi connectivity index (χ1) is 12.9. The highest BCUT2D eigenvalue weighted by molar-refractivity contribution is 5.99. The number of methoxy groups -OCH3 is 1. The molecule has 144 valence electrons. The molecule has 0 unspecified atom stereocenters. The maximum Gasteiger partial charge on any atom is 0.200 e. The SMILES string of the molecule is COc1c(N2C[C@@H](C)C[C@H](N)C2)ccc2c(=O)c(C(C)=O)cn(C3CC3)c12. The van der Waals surface area contributed by atoms with Gasteiger partial charge in [0.2, 0.25) is 0 Å². The topological polar surface area (TPSA) is 77.6 Å². The maximum atomic E-state index is 12.9. The fourth-order valence-electron chi connectivity index (χ4n) is 4.35. The minimum atomic E-state index is -0.219. The molecule has 1 aliphatic carbocycles. The van der Waals surface area contributed by atoms with E-state index in [0.717, 1.165) is 43.6 Å². The Morgan fingerprint density at radius 3 is 2.59 bits per heavy atom. The molecular weight excluding hydrogens is 342 g/mol. The van der Waals surface area contributed by atoms with E-state index in [1.807, 2.05) is 12.1 Å². The number of benzene rings is 1. The summed E-state index contributed by atoms with van der Waals surface area (Å²) >= 11 is 0. The Balaban J connectivity index is 1.96. The molecule has 1 aromatic heterocycles. The molecule has 1 saturated heterocycles. The zero-order valence-corrected chi connectivity index (χ0v) is 16.2. The minimum absolute atomic E-state index is 0.125. The predicted molar refractivity (Wildman–Crippen MR) is 107 cm³/mol. The molecule has 2 fully saturated rings. The summed E-state index contributed by atoms with van der Waals surface area (Å²) in [5.74, 6) is 1.00. The van der Waals surface area contributed by atoms with Gasteiger partial charge in [0.1, 0.15) is 0 Å². The third-order valence-electron chi connectivity index (χ3n) is 5.68. The molecule has 2 N–H and O–H groups in total. The van der Waals surface area contributed by atoms with Crippen molar-refractivity contribution in [2.45, 2.75) is 45.2 Å². The third kappa shape index (κ3) is 3.12. The van der Waals surface area contributed by atoms with E-state index < -0.39 is 0 Å². The number of hydrogen-bond donors (Lipinski definition) is 1. The van der Waals surface area contributed by atoms with Crippen LogP contribution in [0.15, 0.2) is 23.1 Å². The number of aromatic nitrogens is 1. The monoisotopic (exact) mass is 369 g/mol. The highest BCUT2D eigenvalue weighted by Gasteiger charge is 2.30. The number of fused-ring (bicyclic) bond motifs is 1. The third-order valence-corrected chi connectivity index (χ3v) is 5.68. The number of rotatable bonds is 4. The molecule has 0 radical (unpaired) electrons. The number of ketones is 1. The van der Waals surface area contributed by atoms with Crippen LogP contribution in [0.5, 0.6) is 5.75 Å². The van der Waals surface area contributed by atoms with Crippen molar-refractivity contribution in [2.75, 3.05) is 25.1 Å². The zero-order chi connectivity index (χ0) is 19.3. The van der Waals surface area contributed by atoms with Crippen molar-refractivity contribution < 1.29 is 9.53 Å². The summed E-state index contributed by atoms with van der Waals surface area (Å²) in [7, 11) is 1.65. The van der Waals surface area contributed by atoms with Gasteiger partial charge in [0.25, 0.3) is 0 Å². The second-order valence-corrected chi connectivity index (χ2v) is 8.09. The molecule has 0 bridgehead atoms. The van der Waals surface area contributed by atoms with Crippen molar-refractivity contribution in [2.24, 2.45) is 11.7 Å². The number of Topliss-reactive ketones (excluding diaryl/α,β-unsaturated/α-hetero) is 1. The molecule has 1 aromatic carbocycles. The molecule has 0 spiro atoms. The first-order valence-electron chi connectivity index (χ1n) is 9.68. The Morgan fingerprint density at radius 1 is 1.26 bits per heavy atom. The maximum absolute atomic E-state index is 12.9. The fraction of sp³-hybridized carbons (Fsp3) is 0.524. The summed E-state index contributed by atoms with van der Waals surface area (Å²) in [4.78, 5) is 27.1. The van der Waals surface area contributed by atoms with Gasteiger partial charge < -0.3 is 19.9 Å². The largest absolute Gasteiger partial charge is 0.492 e. The average Bonchev–Trinajstić information content (AvgIpc) is 3.45. The number of nitrogens with zero attached hydrogens (tertiary/aromatic N) is 2. The van der Waals surface area contributed by atoms with E-state index in [9.17, 15) is 9.59 Å². The van der Waals surface area contributed by atoms with E-state index in [1.54, 1.807) is 13.3 Å². The van der Waals surface area contributed by atoms with Crippen molar-refractivity contribution in [3.05, 3.63) is 34.1 Å². The van der Waals surface area contributed by atoms with Crippen LogP contribution in [0.4, 0.5) is 5.69 Å². The number of pyridine rings is 1. The lowest BCUT2D eigenvalue weighted by Crippen LogP contribution is -2.46. The number of carbonyl (C=O) groups is 1. The van der Waals surface area contributed by atoms with Gasteiger partial charge in [-0.1, -0.05) is 6.92 Å². The molecule has 6 heteroatoms. The van der Waals surface area contributed by atoms with Gasteiger partial charge in [-0.2, -0.15) is 0 Å². The number of nitrogens with two attached hydrogens (primary N) is 1. The zero-order valence-electron chi connectivity index (χ0n) is 16.2. The molecule has 2 atom stereocenters. The van der Waals surface area contributed by atoms with Crippen LogP contribution in [0.2, 0.25) is 0 Å². The number of carbonyl (C=O) groups excluding carboxylic acids is 1. The molecule has 2 aromatic rings. The Labute approximate surface area is 158 Å². The van der Waals surface area contributed by atoms with E-state index in [0.29, 0.717) is 23.1 Å². The lowest BCUT2D eigenvalue weighted by atomic mass is 9.95. The summed E-state index contributed by atoms with van der Waals surface area (Å²) < 4.78 is 7.90. The van der Waals surface area contributed by atoms with Gasteiger partial charge in [-0.25, -0.2) is 0 Å². The van der Waals surface area contributed by atoms with Crippen LogP contribution >= 0.6 is 0 Å². The minimum Gasteiger partial charge on any atom is -0.492 e. The van der Waals surface area contributed by atoms with E-state index in [-0.39, 0.29) is 22.8 Å². The van der Waals surface area contributed by atoms with Crippen LogP contribution in [0.25, 0.3) is 10.9 Å². The Hall–Kier alpha value is -2.34. The van der Waals surface area contributed by atoms with Crippen molar-refractivity contribution in [1.29, 1.82) is 0 Å². The van der Waals surface area contributed by atoms with Crippen LogP contribution in [-0.4, -0.2) is 36.6 Å². The molecule has 1 aliphatic heterocycles. The molecule has 0 amide bonds. The van der Waals surface area contributed by atoms with Crippen LogP contribution < -0.4 is 20.8 Å². The molecule has 4 rings (SSSR count). The van der Waals surface area contributed by atoms with Crippen molar-refractivity contribution >= 4 is 22.4 Å². The predicted octanol–water partition coefficient (Wildman–Crippen LogP) is 2.72. The van der Waals surface area contributed by atoms with Crippen molar-refractivity contribution in [1.82, 2.24) is 4.57 Å². The second-order valence-electron chi connectivity index (χ2n) is 8.09. The van der Waals surface area contributed by atoms with Gasteiger partial charge in [-0.3, -0.25) is 9.59 Å². The number of anilines is 1. The first-order valence-corrected chi connectivity index (χ1v) is 9.68. The van der Waals surface area contributed by atoms with Crippen LogP contribution in [0.3, 0.4) is 0 Å². The Morgan fingerprint density at radius 2 is 2.00 bits per heavy atom. The highest BCUT2D eigenvalue weighted by Crippen LogP contribution is 2.43. The summed E-state index contributed by atoms with van der Waals surface area (Å²) in [6.45, 7) is 5.33. The van der Waals surface area contributed by atoms with Crippen LogP contribution in [0.1, 0.15) is 49.5 Å². The summed E-state index contributed by atoms with van der Waals surface area (Å²) in [5.41, 5.74) is 8.04. The number of ether oxygens (including phenoxy) is 1. The van der Waals surface area contributed by atoms with E-state index in [4.69, 9.17) is 10.5 Å². The molecule has 2 aliphatic rings. The number of piperidine rings is 1. The molecule has 27 heavy (non-hydrogen) atoms. The van der Waals surface area contributed by atoms with Crippen LogP contribution in [0, 0.1) is 5.92 Å². The smallest absolute Gasteiger partial charge is 0.200 e. The van der Waals surface area contributed by atoms with Crippen molar-refractivity contribution in [3.63, 3.8) is 0 Å². The van der Waals surface area contributed by atoms with Gasteiger partial charge in [-0.05, 0) is 44.2 Å². The van der Waals surface area contributed by atoms with Crippen molar-refractivity contribution in [3.8, 4) is 5.75 Å². The summed E-state index contributed by atoms with van der Waals surface area (Å²) in [6, 6.07) is 4.22. The van der Waals surface area contributed by atoms with E-state index in [1.165, 1.54) is 6.92 Å². The molecule has 1 saturated carbocycles. The number of hydrogen-bond acceptors (Lipinski definition) is 5. The van der Waals surface area contributed by atoms with Gasteiger partial charge in [-0.15, -0.1) is 0 Å². The van der Waals surface area contributed by atoms with E-state index in [2.05, 4.69) is 16.4 Å². The standard InChI is InChI=1S/C21H27N3O3/c1-12-8-14(22)10-23(9-12)18-7-6-16-19(21(18)27-3)24(15-4-5-15)11-17(13(2)25)20(16)26/h6-7,11-12,14-15H,4-5,8-10,22H2,1-3H3/t12-,14-/m0/s1. The normalized spacial score (nSPS) is 22.9. The van der Waals surface area contributed by atoms with Crippen LogP contribution in [-0.2, 0) is 0 Å². The van der Waals surface area contributed by atoms with Gasteiger partial charge in [0.15, 0.2) is 17.0 Å². The van der Waals surface area contributed by atoms with Gasteiger partial charge >= 0.3 is 0 Å². The lowest BCUT2D eigenvalue weighted by Gasteiger charge is -2.37. The first kappa shape index (κ1) is 18.0. The highest BCUT2D eigenvalue weighted by atomic mass is 16.5. The van der Waals surface area contributed by atoms with E-state index >= 15 is 0 Å². The molecule has 6 nitrogen and oxygen atoms in total. The summed E-state index contributed by atoms with van der Waals surface area (Å²) in [5, 5.41) is 0.546. The Kier molecular flexibility index (Phi) is 4.46. The Bertz CT molecular complexity index is 951. The second kappa shape index (κ2) is 6.68. The quantitative estimate of drug-likeness (QED) is 0.839. The lowest BCUT2D eigenvalue weighted by molar-refractivity contribution is 0.101. The molecular formula is C21H27N3O3. The summed E-state index contributed by atoms with van der Waals surface area (Å²) in [6.07, 6.45) is 4.84. The van der Waals surface area contributed by atoms with Gasteiger partial charge in [0.05, 0.1) is 29.3 Å². The van der Waals surface area contributed by atoms with Gasteiger partial charge in [0, 0.05) is 31.4 Å². The fourth-order valence-corrected chi connectivity index (χ4v) is 4.35.